The summed E-state index contributed by atoms with van der Waals surface area (Å²) in [5.74, 6) is 0.340. The Labute approximate surface area is 155 Å². The second kappa shape index (κ2) is 6.87. The van der Waals surface area contributed by atoms with Crippen LogP contribution in [0.2, 0.25) is 5.02 Å². The van der Waals surface area contributed by atoms with Crippen LogP contribution in [-0.2, 0) is 11.2 Å². The second-order valence-corrected chi connectivity index (χ2v) is 7.03. The molecule has 1 heterocycles. The summed E-state index contributed by atoms with van der Waals surface area (Å²) in [5, 5.41) is 2.98. The van der Waals surface area contributed by atoms with Crippen LogP contribution >= 0.6 is 11.6 Å². The average molecular weight is 376 g/mol. The molecule has 2 aliphatic rings. The van der Waals surface area contributed by atoms with Crippen LogP contribution in [0.15, 0.2) is 36.4 Å². The Bertz CT molecular complexity index is 861. The molecular weight excluding hydrogens is 357 g/mol. The molecule has 1 aliphatic carbocycles. The Morgan fingerprint density at radius 2 is 2.12 bits per heavy atom. The molecule has 4 rings (SSSR count). The topological polar surface area (TPSA) is 62.4 Å². The zero-order valence-electron chi connectivity index (χ0n) is 14.2. The average Bonchev–Trinajstić information content (AvgIpc) is 3.08. The fourth-order valence-corrected chi connectivity index (χ4v) is 4.05. The molecule has 136 valence electrons. The lowest BCUT2D eigenvalue weighted by molar-refractivity contribution is -0.118. The van der Waals surface area contributed by atoms with Crippen molar-refractivity contribution in [3.8, 4) is 5.75 Å². The van der Waals surface area contributed by atoms with Gasteiger partial charge in [0.05, 0.1) is 23.9 Å². The van der Waals surface area contributed by atoms with Gasteiger partial charge in [0.15, 0.2) is 0 Å². The van der Waals surface area contributed by atoms with Gasteiger partial charge in [0, 0.05) is 5.92 Å². The van der Waals surface area contributed by atoms with Gasteiger partial charge in [-0.3, -0.25) is 4.79 Å². The van der Waals surface area contributed by atoms with E-state index in [0.29, 0.717) is 5.69 Å². The van der Waals surface area contributed by atoms with Crippen molar-refractivity contribution in [2.45, 2.75) is 24.9 Å². The molecule has 7 heteroatoms. The van der Waals surface area contributed by atoms with E-state index < -0.39 is 11.9 Å². The van der Waals surface area contributed by atoms with Crippen molar-refractivity contribution in [2.75, 3.05) is 12.4 Å². The molecule has 1 amide bonds. The van der Waals surface area contributed by atoms with E-state index in [9.17, 15) is 9.18 Å². The van der Waals surface area contributed by atoms with Crippen LogP contribution in [0.25, 0.3) is 0 Å². The van der Waals surface area contributed by atoms with E-state index in [-0.39, 0.29) is 22.9 Å². The maximum absolute atomic E-state index is 13.2. The molecular formula is C19H19ClFN3O2. The second-order valence-electron chi connectivity index (χ2n) is 6.62. The molecule has 3 N–H and O–H groups in total. The van der Waals surface area contributed by atoms with E-state index >= 15 is 0 Å². The summed E-state index contributed by atoms with van der Waals surface area (Å²) in [7, 11) is 1.66. The number of hydrazine groups is 1. The number of methoxy groups -OCH3 is 1. The smallest absolute Gasteiger partial charge is 0.243 e. The molecule has 0 radical (unpaired) electrons. The number of hydrogen-bond acceptors (Lipinski definition) is 4. The lowest BCUT2D eigenvalue weighted by atomic mass is 9.77. The summed E-state index contributed by atoms with van der Waals surface area (Å²) in [6.45, 7) is 0. The number of aryl methyl sites for hydroxylation is 1. The molecule has 1 saturated heterocycles. The summed E-state index contributed by atoms with van der Waals surface area (Å²) < 4.78 is 18.5. The van der Waals surface area contributed by atoms with Crippen LogP contribution in [0.4, 0.5) is 10.1 Å². The summed E-state index contributed by atoms with van der Waals surface area (Å²) in [4.78, 5) is 12.7. The highest BCUT2D eigenvalue weighted by Gasteiger charge is 2.43. The highest BCUT2D eigenvalue weighted by Crippen LogP contribution is 2.40. The van der Waals surface area contributed by atoms with Crippen molar-refractivity contribution in [2.24, 2.45) is 5.92 Å². The molecule has 2 aromatic carbocycles. The maximum atomic E-state index is 13.2. The molecule has 0 bridgehead atoms. The van der Waals surface area contributed by atoms with Crippen LogP contribution < -0.4 is 20.9 Å². The first-order chi connectivity index (χ1) is 12.6. The van der Waals surface area contributed by atoms with Crippen molar-refractivity contribution in [3.05, 3.63) is 58.4 Å². The number of halogens is 2. The molecule has 3 atom stereocenters. The maximum Gasteiger partial charge on any atom is 0.243 e. The largest absolute Gasteiger partial charge is 0.497 e. The van der Waals surface area contributed by atoms with Crippen LogP contribution in [0, 0.1) is 11.7 Å². The molecule has 26 heavy (non-hydrogen) atoms. The zero-order valence-corrected chi connectivity index (χ0v) is 14.9. The monoisotopic (exact) mass is 375 g/mol. The number of carbonyl (C=O) groups excluding carboxylic acids is 1. The first-order valence-corrected chi connectivity index (χ1v) is 8.88. The molecule has 0 aromatic heterocycles. The fourth-order valence-electron chi connectivity index (χ4n) is 3.84. The van der Waals surface area contributed by atoms with Gasteiger partial charge in [0.2, 0.25) is 5.91 Å². The summed E-state index contributed by atoms with van der Waals surface area (Å²) >= 11 is 6.01. The molecule has 0 spiro atoms. The van der Waals surface area contributed by atoms with E-state index in [4.69, 9.17) is 16.3 Å². The fraction of sp³-hybridized carbons (Fsp3) is 0.316. The first-order valence-electron chi connectivity index (χ1n) is 8.50. The Hall–Kier alpha value is -2.15. The number of hydrogen-bond donors (Lipinski definition) is 3. The predicted octanol–water partition coefficient (Wildman–Crippen LogP) is 3.21. The van der Waals surface area contributed by atoms with Gasteiger partial charge in [-0.25, -0.2) is 15.2 Å². The third-order valence-corrected chi connectivity index (χ3v) is 5.47. The van der Waals surface area contributed by atoms with Gasteiger partial charge < -0.3 is 10.1 Å². The van der Waals surface area contributed by atoms with Gasteiger partial charge in [-0.05, 0) is 54.3 Å². The molecule has 1 fully saturated rings. The minimum absolute atomic E-state index is 0.0593. The quantitative estimate of drug-likeness (QED) is 0.771. The lowest BCUT2D eigenvalue weighted by Crippen LogP contribution is -2.42. The normalized spacial score (nSPS) is 23.9. The Morgan fingerprint density at radius 1 is 1.27 bits per heavy atom. The van der Waals surface area contributed by atoms with Gasteiger partial charge in [-0.2, -0.15) is 0 Å². The lowest BCUT2D eigenvalue weighted by Gasteiger charge is -2.29. The standard InChI is InChI=1S/C19H19ClFN3O2/c1-26-12-4-6-13-10(8-12)2-5-14-17(13)23-24-18(14)19(25)22-16-7-3-11(21)9-15(16)20/h3-4,6-9,14,17-18,23-24H,2,5H2,1H3,(H,22,25). The Kier molecular flexibility index (Phi) is 4.56. The Morgan fingerprint density at radius 3 is 2.88 bits per heavy atom. The van der Waals surface area contributed by atoms with Gasteiger partial charge in [0.1, 0.15) is 17.6 Å². The highest BCUT2D eigenvalue weighted by atomic mass is 35.5. The zero-order chi connectivity index (χ0) is 18.3. The number of benzene rings is 2. The summed E-state index contributed by atoms with van der Waals surface area (Å²) in [6.07, 6.45) is 1.76. The van der Waals surface area contributed by atoms with Crippen LogP contribution in [-0.4, -0.2) is 19.1 Å². The minimum atomic E-state index is -0.437. The summed E-state index contributed by atoms with van der Waals surface area (Å²) in [5.41, 5.74) is 9.19. The van der Waals surface area contributed by atoms with E-state index in [1.807, 2.05) is 6.07 Å². The molecule has 5 nitrogen and oxygen atoms in total. The predicted molar refractivity (Wildman–Crippen MR) is 97.6 cm³/mol. The third-order valence-electron chi connectivity index (χ3n) is 5.15. The number of rotatable bonds is 3. The molecule has 1 aliphatic heterocycles. The van der Waals surface area contributed by atoms with Gasteiger partial charge in [-0.1, -0.05) is 17.7 Å². The van der Waals surface area contributed by atoms with Crippen LogP contribution in [0.5, 0.6) is 5.75 Å². The van der Waals surface area contributed by atoms with Crippen LogP contribution in [0.3, 0.4) is 0 Å². The third kappa shape index (κ3) is 3.05. The Balaban J connectivity index is 1.52. The van der Waals surface area contributed by atoms with E-state index in [1.165, 1.54) is 29.3 Å². The number of anilines is 1. The van der Waals surface area contributed by atoms with Gasteiger partial charge in [0.25, 0.3) is 0 Å². The number of amides is 1. The van der Waals surface area contributed by atoms with Crippen molar-refractivity contribution in [1.29, 1.82) is 0 Å². The minimum Gasteiger partial charge on any atom is -0.497 e. The van der Waals surface area contributed by atoms with Crippen LogP contribution in [0.1, 0.15) is 23.6 Å². The van der Waals surface area contributed by atoms with Crippen molar-refractivity contribution in [3.63, 3.8) is 0 Å². The number of carbonyl (C=O) groups is 1. The molecule has 2 aromatic rings. The first kappa shape index (κ1) is 17.3. The van der Waals surface area contributed by atoms with Gasteiger partial charge in [-0.15, -0.1) is 0 Å². The van der Waals surface area contributed by atoms with E-state index in [0.717, 1.165) is 18.6 Å². The van der Waals surface area contributed by atoms with Crippen molar-refractivity contribution < 1.29 is 13.9 Å². The SMILES string of the molecule is COc1ccc2c(c1)CCC1C(C(=O)Nc3ccc(F)cc3Cl)NNC21. The van der Waals surface area contributed by atoms with E-state index in [2.05, 4.69) is 28.3 Å². The summed E-state index contributed by atoms with van der Waals surface area (Å²) in [6, 6.07) is 9.64. The number of ether oxygens (including phenoxy) is 1. The van der Waals surface area contributed by atoms with Crippen molar-refractivity contribution >= 4 is 23.2 Å². The molecule has 3 unspecified atom stereocenters. The number of nitrogens with one attached hydrogen (secondary N) is 3. The van der Waals surface area contributed by atoms with E-state index in [1.54, 1.807) is 7.11 Å². The van der Waals surface area contributed by atoms with Gasteiger partial charge >= 0.3 is 0 Å². The molecule has 0 saturated carbocycles. The highest BCUT2D eigenvalue weighted by molar-refractivity contribution is 6.33. The number of fused-ring (bicyclic) bond motifs is 3. The van der Waals surface area contributed by atoms with Crippen molar-refractivity contribution in [1.82, 2.24) is 10.9 Å².